The molecule has 0 radical (unpaired) electrons. The highest BCUT2D eigenvalue weighted by atomic mass is 32.2. The van der Waals surface area contributed by atoms with Crippen LogP contribution in [-0.2, 0) is 22.7 Å². The van der Waals surface area contributed by atoms with Gasteiger partial charge in [-0.2, -0.15) is 21.6 Å². The molecule has 8 nitrogen and oxygen atoms in total. The quantitative estimate of drug-likeness (QED) is 0.139. The summed E-state index contributed by atoms with van der Waals surface area (Å²) in [5, 5.41) is 0.218. The summed E-state index contributed by atoms with van der Waals surface area (Å²) in [6, 6.07) is 7.57. The number of benzene rings is 2. The van der Waals surface area contributed by atoms with Gasteiger partial charge in [0, 0.05) is 36.5 Å². The molecule has 3 aliphatic rings. The molecule has 2 aromatic rings. The normalized spacial score (nSPS) is 14.5. The molecule has 0 fully saturated rings. The molecule has 1 aromatic carbocycles. The van der Waals surface area contributed by atoms with Crippen LogP contribution in [0.3, 0.4) is 0 Å². The van der Waals surface area contributed by atoms with Crippen molar-refractivity contribution in [3.63, 3.8) is 0 Å². The molecule has 1 aromatic heterocycles. The monoisotopic (exact) mass is 537 g/mol. The van der Waals surface area contributed by atoms with Crippen molar-refractivity contribution >= 4 is 37.7 Å². The number of nitrogens with zero attached hydrogens (tertiary/aromatic N) is 2. The summed E-state index contributed by atoms with van der Waals surface area (Å²) in [5.41, 5.74) is -1.12. The number of anilines is 1. The van der Waals surface area contributed by atoms with Crippen LogP contribution in [0.4, 0.5) is 18.9 Å². The second-order valence-electron chi connectivity index (χ2n) is 9.35. The molecule has 37 heavy (non-hydrogen) atoms. The molecule has 1 aliphatic carbocycles. The number of halogens is 3. The first-order valence-corrected chi connectivity index (χ1v) is 13.2. The van der Waals surface area contributed by atoms with Gasteiger partial charge in [0.2, 0.25) is 5.36 Å². The van der Waals surface area contributed by atoms with Crippen molar-refractivity contribution in [2.45, 2.75) is 25.4 Å². The first-order valence-electron chi connectivity index (χ1n) is 11.6. The van der Waals surface area contributed by atoms with Gasteiger partial charge in [-0.15, -0.1) is 0 Å². The molecule has 0 amide bonds. The number of hydrogen-bond donors (Lipinski definition) is 1. The molecule has 0 spiro atoms. The van der Waals surface area contributed by atoms with E-state index in [0.29, 0.717) is 30.6 Å². The van der Waals surface area contributed by atoms with Gasteiger partial charge in [0.25, 0.3) is 10.1 Å². The summed E-state index contributed by atoms with van der Waals surface area (Å²) in [6.07, 6.45) is -3.29. The van der Waals surface area contributed by atoms with E-state index in [1.165, 1.54) is 18.2 Å². The fourth-order valence-electron chi connectivity index (χ4n) is 4.94. The number of fused-ring (bicyclic) bond motifs is 5. The van der Waals surface area contributed by atoms with Crippen molar-refractivity contribution in [1.29, 1.82) is 0 Å². The number of aryl methyl sites for hydroxylation is 1. The van der Waals surface area contributed by atoms with Crippen LogP contribution in [0.5, 0.6) is 0 Å². The first kappa shape index (κ1) is 25.3. The lowest BCUT2D eigenvalue weighted by Gasteiger charge is -2.31. The van der Waals surface area contributed by atoms with E-state index < -0.39 is 38.6 Å². The van der Waals surface area contributed by atoms with E-state index in [4.69, 9.17) is 13.4 Å². The van der Waals surface area contributed by atoms with E-state index in [-0.39, 0.29) is 34.3 Å². The topological polar surface area (TPSA) is 104 Å². The van der Waals surface area contributed by atoms with Gasteiger partial charge in [0.15, 0.2) is 5.58 Å². The summed E-state index contributed by atoms with van der Waals surface area (Å²) < 4.78 is 87.3. The molecule has 0 atom stereocenters. The van der Waals surface area contributed by atoms with Crippen LogP contribution >= 0.6 is 0 Å². The van der Waals surface area contributed by atoms with Crippen LogP contribution < -0.4 is 20.5 Å². The van der Waals surface area contributed by atoms with E-state index in [1.54, 1.807) is 30.8 Å². The molecule has 196 valence electrons. The molecule has 5 rings (SSSR count). The van der Waals surface area contributed by atoms with E-state index >= 15 is 0 Å². The zero-order valence-corrected chi connectivity index (χ0v) is 20.9. The Hall–Kier alpha value is -3.38. The van der Waals surface area contributed by atoms with E-state index in [1.807, 2.05) is 4.90 Å². The fraction of sp³-hybridized carbons (Fsp3) is 0.360. The average Bonchev–Trinajstić information content (AvgIpc) is 2.80. The SMILES string of the molecule is C[N+](C)=c1ccc2c(C(F)(F)F)c3c(=O)oc4cc5c(cc4c3oc-2c1)CCCN5CCCS(=O)(=O)O. The van der Waals surface area contributed by atoms with Gasteiger partial charge in [0.05, 0.1) is 22.8 Å². The van der Waals surface area contributed by atoms with Crippen molar-refractivity contribution < 1.29 is 35.0 Å². The minimum absolute atomic E-state index is 0.0116. The van der Waals surface area contributed by atoms with E-state index in [0.717, 1.165) is 12.0 Å². The molecule has 0 unspecified atom stereocenters. The summed E-state index contributed by atoms with van der Waals surface area (Å²) >= 11 is 0. The van der Waals surface area contributed by atoms with Gasteiger partial charge in [-0.25, -0.2) is 9.37 Å². The van der Waals surface area contributed by atoms with Crippen molar-refractivity contribution in [3.05, 3.63) is 57.2 Å². The van der Waals surface area contributed by atoms with E-state index in [9.17, 15) is 26.4 Å². The molecule has 0 saturated heterocycles. The summed E-state index contributed by atoms with van der Waals surface area (Å²) in [7, 11) is -0.594. The number of rotatable bonds is 4. The van der Waals surface area contributed by atoms with Gasteiger partial charge in [-0.1, -0.05) is 0 Å². The Kier molecular flexibility index (Phi) is 6.06. The molecule has 1 N–H and O–H groups in total. The van der Waals surface area contributed by atoms with Crippen molar-refractivity contribution in [3.8, 4) is 11.3 Å². The summed E-state index contributed by atoms with van der Waals surface area (Å²) in [4.78, 5) is 14.9. The maximum absolute atomic E-state index is 14.3. The minimum atomic E-state index is -4.84. The highest BCUT2D eigenvalue weighted by Gasteiger charge is 2.40. The Morgan fingerprint density at radius 2 is 1.89 bits per heavy atom. The van der Waals surface area contributed by atoms with Crippen molar-refractivity contribution in [2.24, 2.45) is 0 Å². The molecule has 0 saturated carbocycles. The lowest BCUT2D eigenvalue weighted by molar-refractivity contribution is -0.136. The second-order valence-corrected chi connectivity index (χ2v) is 10.9. The van der Waals surface area contributed by atoms with Gasteiger partial charge in [0.1, 0.15) is 30.8 Å². The summed E-state index contributed by atoms with van der Waals surface area (Å²) in [6.45, 7) is 0.943. The van der Waals surface area contributed by atoms with Crippen LogP contribution in [0.1, 0.15) is 24.0 Å². The molecule has 3 heterocycles. The number of alkyl halides is 3. The Morgan fingerprint density at radius 1 is 1.14 bits per heavy atom. The highest BCUT2D eigenvalue weighted by Crippen LogP contribution is 2.44. The van der Waals surface area contributed by atoms with Crippen LogP contribution in [0.2, 0.25) is 0 Å². The lowest BCUT2D eigenvalue weighted by atomic mass is 9.96. The Balaban J connectivity index is 1.78. The van der Waals surface area contributed by atoms with E-state index in [2.05, 4.69) is 0 Å². The number of hydrogen-bond acceptors (Lipinski definition) is 6. The third-order valence-corrected chi connectivity index (χ3v) is 7.41. The first-order chi connectivity index (χ1) is 17.3. The minimum Gasteiger partial charge on any atom is -0.455 e. The highest BCUT2D eigenvalue weighted by molar-refractivity contribution is 7.85. The zero-order valence-electron chi connectivity index (χ0n) is 20.1. The molecular weight excluding hydrogens is 513 g/mol. The maximum atomic E-state index is 14.3. The Morgan fingerprint density at radius 3 is 2.57 bits per heavy atom. The van der Waals surface area contributed by atoms with Crippen molar-refractivity contribution in [1.82, 2.24) is 4.58 Å². The van der Waals surface area contributed by atoms with Crippen LogP contribution in [0.25, 0.3) is 33.3 Å². The third kappa shape index (κ3) is 4.71. The van der Waals surface area contributed by atoms with Gasteiger partial charge < -0.3 is 13.7 Å². The van der Waals surface area contributed by atoms with Gasteiger partial charge >= 0.3 is 11.8 Å². The predicted octanol–water partition coefficient (Wildman–Crippen LogP) is 3.73. The van der Waals surface area contributed by atoms with Gasteiger partial charge in [-0.3, -0.25) is 4.55 Å². The predicted molar refractivity (Wildman–Crippen MR) is 133 cm³/mol. The van der Waals surface area contributed by atoms with Crippen LogP contribution in [0, 0.1) is 0 Å². The lowest BCUT2D eigenvalue weighted by Crippen LogP contribution is -2.31. The largest absolute Gasteiger partial charge is 0.455 e. The van der Waals surface area contributed by atoms with Crippen LogP contribution in [-0.4, -0.2) is 45.9 Å². The third-order valence-electron chi connectivity index (χ3n) is 6.60. The second kappa shape index (κ2) is 8.88. The standard InChI is InChI=1S/C25H23F3N2O6S/c1-29(2)15-6-7-16-19(12-15)35-23-17-11-14-5-3-8-30(9-4-10-37(32,33)34)18(14)13-20(17)36-24(31)21(23)22(16)25(26,27)28/h6-7,11-13H,3-5,8-10H2,1-2H3/p+1. The molecule has 0 bridgehead atoms. The summed E-state index contributed by atoms with van der Waals surface area (Å²) in [5.74, 6) is -0.407. The van der Waals surface area contributed by atoms with Crippen LogP contribution in [0.15, 0.2) is 44.0 Å². The Labute approximate surface area is 209 Å². The molecule has 12 heteroatoms. The smallest absolute Gasteiger partial charge is 0.418 e. The maximum Gasteiger partial charge on any atom is 0.418 e. The van der Waals surface area contributed by atoms with Crippen molar-refractivity contribution in [2.75, 3.05) is 37.8 Å². The molecular formula is C25H24F3N2O6S+. The zero-order chi connectivity index (χ0) is 26.7. The fourth-order valence-corrected chi connectivity index (χ4v) is 5.43. The van der Waals surface area contributed by atoms with Gasteiger partial charge in [-0.05, 0) is 37.0 Å². The Bertz CT molecular complexity index is 1750. The average molecular weight is 538 g/mol. The molecule has 2 aliphatic heterocycles.